The van der Waals surface area contributed by atoms with Gasteiger partial charge < -0.3 is 9.73 Å². The fourth-order valence-electron chi connectivity index (χ4n) is 2.50. The van der Waals surface area contributed by atoms with Gasteiger partial charge in [-0.05, 0) is 24.3 Å². The van der Waals surface area contributed by atoms with Gasteiger partial charge in [0.1, 0.15) is 23.1 Å². The van der Waals surface area contributed by atoms with Gasteiger partial charge in [-0.1, -0.05) is 12.1 Å². The molecular weight excluding hydrogens is 295 g/mol. The first-order chi connectivity index (χ1) is 11.3. The van der Waals surface area contributed by atoms with Crippen LogP contribution in [-0.2, 0) is 6.54 Å². The average molecular weight is 308 g/mol. The van der Waals surface area contributed by atoms with Crippen LogP contribution in [-0.4, -0.2) is 14.4 Å². The molecule has 3 heterocycles. The summed E-state index contributed by atoms with van der Waals surface area (Å²) in [5.74, 6) is 1.17. The summed E-state index contributed by atoms with van der Waals surface area (Å²) in [7, 11) is 0. The van der Waals surface area contributed by atoms with Gasteiger partial charge in [-0.25, -0.2) is 9.37 Å². The lowest BCUT2D eigenvalue weighted by atomic mass is 10.1. The van der Waals surface area contributed by atoms with Crippen LogP contribution in [0.15, 0.2) is 65.7 Å². The van der Waals surface area contributed by atoms with Crippen molar-refractivity contribution >= 4 is 11.5 Å². The van der Waals surface area contributed by atoms with Gasteiger partial charge in [-0.2, -0.15) is 0 Å². The Hall–Kier alpha value is -3.15. The predicted octanol–water partition coefficient (Wildman–Crippen LogP) is 3.74. The van der Waals surface area contributed by atoms with E-state index < -0.39 is 0 Å². The van der Waals surface area contributed by atoms with E-state index in [1.807, 2.05) is 16.5 Å². The molecule has 0 bridgehead atoms. The lowest BCUT2D eigenvalue weighted by Crippen LogP contribution is -2.03. The van der Waals surface area contributed by atoms with Crippen LogP contribution < -0.4 is 5.32 Å². The Bertz CT molecular complexity index is 946. The molecule has 0 fully saturated rings. The Morgan fingerprint density at radius 1 is 1.17 bits per heavy atom. The number of anilines is 1. The van der Waals surface area contributed by atoms with E-state index in [1.165, 1.54) is 6.07 Å². The number of imidazole rings is 1. The lowest BCUT2D eigenvalue weighted by molar-refractivity contribution is 0.518. The molecule has 114 valence electrons. The van der Waals surface area contributed by atoms with Crippen LogP contribution in [0.5, 0.6) is 0 Å². The molecule has 6 heteroatoms. The number of aromatic nitrogens is 3. The third-order valence-electron chi connectivity index (χ3n) is 3.57. The molecule has 5 nitrogen and oxygen atoms in total. The normalized spacial score (nSPS) is 11.0. The number of fused-ring (bicyclic) bond motifs is 1. The fourth-order valence-corrected chi connectivity index (χ4v) is 2.50. The molecule has 0 aliphatic carbocycles. The number of rotatable bonds is 4. The molecule has 4 aromatic rings. The Morgan fingerprint density at radius 2 is 2.09 bits per heavy atom. The number of furan rings is 1. The molecule has 23 heavy (non-hydrogen) atoms. The summed E-state index contributed by atoms with van der Waals surface area (Å²) in [6, 6.07) is 10.3. The van der Waals surface area contributed by atoms with Crippen molar-refractivity contribution in [3.05, 3.63) is 72.8 Å². The van der Waals surface area contributed by atoms with E-state index in [0.29, 0.717) is 29.3 Å². The van der Waals surface area contributed by atoms with Crippen LogP contribution in [0.3, 0.4) is 0 Å². The van der Waals surface area contributed by atoms with Crippen molar-refractivity contribution in [3.63, 3.8) is 0 Å². The van der Waals surface area contributed by atoms with E-state index in [0.717, 1.165) is 5.76 Å². The Kier molecular flexibility index (Phi) is 3.27. The minimum atomic E-state index is -0.315. The van der Waals surface area contributed by atoms with E-state index in [2.05, 4.69) is 15.3 Å². The molecule has 0 aliphatic rings. The monoisotopic (exact) mass is 308 g/mol. The van der Waals surface area contributed by atoms with Crippen molar-refractivity contribution in [2.45, 2.75) is 6.54 Å². The van der Waals surface area contributed by atoms with Crippen LogP contribution in [0.1, 0.15) is 5.76 Å². The molecule has 1 aromatic carbocycles. The summed E-state index contributed by atoms with van der Waals surface area (Å²) in [4.78, 5) is 8.58. The highest BCUT2D eigenvalue weighted by Crippen LogP contribution is 2.30. The number of nitrogens with zero attached hydrogens (tertiary/aromatic N) is 3. The third-order valence-corrected chi connectivity index (χ3v) is 3.57. The van der Waals surface area contributed by atoms with Crippen LogP contribution in [0.25, 0.3) is 16.9 Å². The topological polar surface area (TPSA) is 55.4 Å². The molecule has 0 atom stereocenters. The first-order valence-electron chi connectivity index (χ1n) is 7.16. The summed E-state index contributed by atoms with van der Waals surface area (Å²) in [5, 5.41) is 3.28. The van der Waals surface area contributed by atoms with E-state index >= 15 is 0 Å². The summed E-state index contributed by atoms with van der Waals surface area (Å²) in [6.07, 6.45) is 6.71. The molecule has 0 saturated carbocycles. The summed E-state index contributed by atoms with van der Waals surface area (Å²) in [6.45, 7) is 0.477. The predicted molar refractivity (Wildman–Crippen MR) is 84.4 cm³/mol. The number of nitrogens with one attached hydrogen (secondary N) is 1. The summed E-state index contributed by atoms with van der Waals surface area (Å²) < 4.78 is 21.4. The molecule has 0 unspecified atom stereocenters. The van der Waals surface area contributed by atoms with Gasteiger partial charge in [-0.15, -0.1) is 0 Å². The SMILES string of the molecule is Fc1ccccc1-c1nc2cnccn2c1NCc1ccco1. The zero-order chi connectivity index (χ0) is 15.6. The second kappa shape index (κ2) is 5.57. The molecule has 0 saturated heterocycles. The highest BCUT2D eigenvalue weighted by molar-refractivity contribution is 5.76. The summed E-state index contributed by atoms with van der Waals surface area (Å²) in [5.41, 5.74) is 1.63. The Labute approximate surface area is 131 Å². The van der Waals surface area contributed by atoms with Crippen molar-refractivity contribution in [2.75, 3.05) is 5.32 Å². The number of halogens is 1. The molecule has 0 spiro atoms. The van der Waals surface area contributed by atoms with Gasteiger partial charge in [-0.3, -0.25) is 9.38 Å². The van der Waals surface area contributed by atoms with Gasteiger partial charge in [0, 0.05) is 18.0 Å². The number of hydrogen-bond donors (Lipinski definition) is 1. The Balaban J connectivity index is 1.83. The maximum absolute atomic E-state index is 14.2. The third kappa shape index (κ3) is 2.44. The molecule has 4 rings (SSSR count). The maximum Gasteiger partial charge on any atom is 0.157 e. The van der Waals surface area contributed by atoms with Gasteiger partial charge in [0.2, 0.25) is 0 Å². The van der Waals surface area contributed by atoms with Gasteiger partial charge >= 0.3 is 0 Å². The van der Waals surface area contributed by atoms with Crippen molar-refractivity contribution < 1.29 is 8.81 Å². The Morgan fingerprint density at radius 3 is 2.91 bits per heavy atom. The van der Waals surface area contributed by atoms with Gasteiger partial charge in [0.25, 0.3) is 0 Å². The molecule has 0 aliphatic heterocycles. The minimum absolute atomic E-state index is 0.315. The van der Waals surface area contributed by atoms with Crippen molar-refractivity contribution in [2.24, 2.45) is 0 Å². The minimum Gasteiger partial charge on any atom is -0.467 e. The number of benzene rings is 1. The zero-order valence-corrected chi connectivity index (χ0v) is 12.1. The molecule has 0 radical (unpaired) electrons. The molecule has 3 aromatic heterocycles. The maximum atomic E-state index is 14.2. The molecule has 0 amide bonds. The van der Waals surface area contributed by atoms with Crippen LogP contribution in [0.4, 0.5) is 10.2 Å². The standard InChI is InChI=1S/C17H13FN4O/c18-14-6-2-1-5-13(14)16-17(20-10-12-4-3-9-23-12)22-8-7-19-11-15(22)21-16/h1-9,11,20H,10H2. The van der Waals surface area contributed by atoms with Gasteiger partial charge in [0.15, 0.2) is 5.65 Å². The van der Waals surface area contributed by atoms with E-state index in [4.69, 9.17) is 4.42 Å². The van der Waals surface area contributed by atoms with Crippen LogP contribution >= 0.6 is 0 Å². The molecule has 1 N–H and O–H groups in total. The first kappa shape index (κ1) is 13.5. The van der Waals surface area contributed by atoms with Crippen molar-refractivity contribution in [1.29, 1.82) is 0 Å². The second-order valence-electron chi connectivity index (χ2n) is 5.03. The van der Waals surface area contributed by atoms with Crippen molar-refractivity contribution in [1.82, 2.24) is 14.4 Å². The number of hydrogen-bond acceptors (Lipinski definition) is 4. The lowest BCUT2D eigenvalue weighted by Gasteiger charge is -2.08. The zero-order valence-electron chi connectivity index (χ0n) is 12.1. The highest BCUT2D eigenvalue weighted by atomic mass is 19.1. The quantitative estimate of drug-likeness (QED) is 0.624. The second-order valence-corrected chi connectivity index (χ2v) is 5.03. The largest absolute Gasteiger partial charge is 0.467 e. The average Bonchev–Trinajstić information content (AvgIpc) is 3.21. The van der Waals surface area contributed by atoms with E-state index in [-0.39, 0.29) is 5.82 Å². The van der Waals surface area contributed by atoms with Crippen LogP contribution in [0, 0.1) is 5.82 Å². The van der Waals surface area contributed by atoms with E-state index in [9.17, 15) is 4.39 Å². The van der Waals surface area contributed by atoms with Crippen LogP contribution in [0.2, 0.25) is 0 Å². The highest BCUT2D eigenvalue weighted by Gasteiger charge is 2.17. The molecular formula is C17H13FN4O. The smallest absolute Gasteiger partial charge is 0.157 e. The van der Waals surface area contributed by atoms with Gasteiger partial charge in [0.05, 0.1) is 19.0 Å². The van der Waals surface area contributed by atoms with Crippen molar-refractivity contribution in [3.8, 4) is 11.3 Å². The fraction of sp³-hybridized carbons (Fsp3) is 0.0588. The van der Waals surface area contributed by atoms with E-state index in [1.54, 1.807) is 43.1 Å². The summed E-state index contributed by atoms with van der Waals surface area (Å²) >= 11 is 0. The first-order valence-corrected chi connectivity index (χ1v) is 7.16.